The monoisotopic (exact) mass is 300 g/mol. The molecule has 1 fully saturated rings. The standard InChI is InChI=1S/C18H28N4/c1-4-21-11-6-5-8-15(21)12-17-20-16-9-7-10-19-18(16)22(17)13-14(2)3/h7,9-10,14-15H,4-6,8,11-13H2,1-3H3. The highest BCUT2D eigenvalue weighted by atomic mass is 15.2. The third-order valence-corrected chi connectivity index (χ3v) is 4.70. The van der Waals surface area contributed by atoms with E-state index in [0.717, 1.165) is 30.7 Å². The van der Waals surface area contributed by atoms with E-state index >= 15 is 0 Å². The molecule has 1 aliphatic rings. The molecule has 3 heterocycles. The number of hydrogen-bond donors (Lipinski definition) is 0. The highest BCUT2D eigenvalue weighted by Crippen LogP contribution is 2.23. The van der Waals surface area contributed by atoms with Gasteiger partial charge in [-0.2, -0.15) is 0 Å². The largest absolute Gasteiger partial charge is 0.312 e. The number of piperidine rings is 1. The second kappa shape index (κ2) is 6.78. The Labute approximate surface area is 133 Å². The van der Waals surface area contributed by atoms with E-state index in [-0.39, 0.29) is 0 Å². The number of imidazole rings is 1. The quantitative estimate of drug-likeness (QED) is 0.847. The number of nitrogens with zero attached hydrogens (tertiary/aromatic N) is 4. The molecule has 22 heavy (non-hydrogen) atoms. The summed E-state index contributed by atoms with van der Waals surface area (Å²) in [5.74, 6) is 1.82. The third-order valence-electron chi connectivity index (χ3n) is 4.70. The van der Waals surface area contributed by atoms with Crippen LogP contribution in [0.5, 0.6) is 0 Å². The van der Waals surface area contributed by atoms with Crippen molar-refractivity contribution in [3.8, 4) is 0 Å². The minimum Gasteiger partial charge on any atom is -0.312 e. The number of hydrogen-bond acceptors (Lipinski definition) is 3. The zero-order chi connectivity index (χ0) is 15.5. The van der Waals surface area contributed by atoms with Crippen LogP contribution in [0.2, 0.25) is 0 Å². The van der Waals surface area contributed by atoms with E-state index in [1.807, 2.05) is 12.3 Å². The molecule has 0 N–H and O–H groups in total. The first kappa shape index (κ1) is 15.5. The number of fused-ring (bicyclic) bond motifs is 1. The molecule has 0 saturated carbocycles. The van der Waals surface area contributed by atoms with E-state index < -0.39 is 0 Å². The van der Waals surface area contributed by atoms with Gasteiger partial charge in [-0.1, -0.05) is 27.2 Å². The number of rotatable bonds is 5. The molecule has 2 aromatic rings. The van der Waals surface area contributed by atoms with Crippen LogP contribution in [0.4, 0.5) is 0 Å². The van der Waals surface area contributed by atoms with Crippen LogP contribution in [0, 0.1) is 5.92 Å². The lowest BCUT2D eigenvalue weighted by atomic mass is 9.99. The predicted octanol–water partition coefficient (Wildman–Crippen LogP) is 3.50. The van der Waals surface area contributed by atoms with Crippen LogP contribution in [0.1, 0.15) is 45.9 Å². The fourth-order valence-corrected chi connectivity index (χ4v) is 3.64. The van der Waals surface area contributed by atoms with Gasteiger partial charge in [-0.15, -0.1) is 0 Å². The first-order chi connectivity index (χ1) is 10.7. The molecule has 1 atom stereocenters. The number of pyridine rings is 1. The van der Waals surface area contributed by atoms with Crippen molar-refractivity contribution in [3.05, 3.63) is 24.2 Å². The SMILES string of the molecule is CCN1CCCCC1Cc1nc2cccnc2n1CC(C)C. The second-order valence-corrected chi connectivity index (χ2v) is 6.86. The molecule has 1 saturated heterocycles. The lowest BCUT2D eigenvalue weighted by Gasteiger charge is -2.34. The summed E-state index contributed by atoms with van der Waals surface area (Å²) in [5.41, 5.74) is 2.09. The normalized spacial score (nSPS) is 20.1. The van der Waals surface area contributed by atoms with Crippen molar-refractivity contribution in [1.82, 2.24) is 19.4 Å². The number of aromatic nitrogens is 3. The van der Waals surface area contributed by atoms with Crippen molar-refractivity contribution in [2.24, 2.45) is 5.92 Å². The molecule has 4 heteroatoms. The summed E-state index contributed by atoms with van der Waals surface area (Å²) in [6.45, 7) is 10.2. The van der Waals surface area contributed by atoms with Gasteiger partial charge in [0.1, 0.15) is 11.3 Å². The molecular weight excluding hydrogens is 272 g/mol. The summed E-state index contributed by atoms with van der Waals surface area (Å²) in [5, 5.41) is 0. The summed E-state index contributed by atoms with van der Waals surface area (Å²) in [4.78, 5) is 12.1. The summed E-state index contributed by atoms with van der Waals surface area (Å²) in [6.07, 6.45) is 6.92. The molecule has 120 valence electrons. The van der Waals surface area contributed by atoms with Gasteiger partial charge < -0.3 is 9.47 Å². The minimum absolute atomic E-state index is 0.604. The van der Waals surface area contributed by atoms with Gasteiger partial charge in [0.05, 0.1) is 0 Å². The Kier molecular flexibility index (Phi) is 4.77. The Balaban J connectivity index is 1.91. The average molecular weight is 300 g/mol. The molecule has 0 radical (unpaired) electrons. The van der Waals surface area contributed by atoms with E-state index in [0.29, 0.717) is 12.0 Å². The summed E-state index contributed by atoms with van der Waals surface area (Å²) in [6, 6.07) is 4.71. The lowest BCUT2D eigenvalue weighted by molar-refractivity contribution is 0.152. The predicted molar refractivity (Wildman–Crippen MR) is 91.0 cm³/mol. The van der Waals surface area contributed by atoms with Gasteiger partial charge in [0.25, 0.3) is 0 Å². The Morgan fingerprint density at radius 2 is 2.18 bits per heavy atom. The maximum Gasteiger partial charge on any atom is 0.159 e. The zero-order valence-electron chi connectivity index (χ0n) is 14.1. The number of likely N-dealkylation sites (N-methyl/N-ethyl adjacent to an activating group) is 1. The zero-order valence-corrected chi connectivity index (χ0v) is 14.1. The first-order valence-corrected chi connectivity index (χ1v) is 8.73. The fourth-order valence-electron chi connectivity index (χ4n) is 3.64. The van der Waals surface area contributed by atoms with Crippen molar-refractivity contribution in [1.29, 1.82) is 0 Å². The molecule has 1 unspecified atom stereocenters. The summed E-state index contributed by atoms with van der Waals surface area (Å²) >= 11 is 0. The van der Waals surface area contributed by atoms with Crippen molar-refractivity contribution in [2.75, 3.05) is 13.1 Å². The van der Waals surface area contributed by atoms with E-state index in [1.54, 1.807) is 0 Å². The highest BCUT2D eigenvalue weighted by Gasteiger charge is 2.24. The van der Waals surface area contributed by atoms with Gasteiger partial charge in [-0.05, 0) is 44.0 Å². The Morgan fingerprint density at radius 1 is 1.32 bits per heavy atom. The Hall–Kier alpha value is -1.42. The molecule has 3 rings (SSSR count). The van der Waals surface area contributed by atoms with Gasteiger partial charge in [0.15, 0.2) is 5.65 Å². The van der Waals surface area contributed by atoms with Crippen LogP contribution in [-0.2, 0) is 13.0 Å². The minimum atomic E-state index is 0.604. The van der Waals surface area contributed by atoms with Crippen LogP contribution >= 0.6 is 0 Å². The summed E-state index contributed by atoms with van der Waals surface area (Å²) in [7, 11) is 0. The second-order valence-electron chi connectivity index (χ2n) is 6.86. The summed E-state index contributed by atoms with van der Waals surface area (Å²) < 4.78 is 2.35. The van der Waals surface area contributed by atoms with E-state index in [1.165, 1.54) is 31.6 Å². The molecule has 1 aliphatic heterocycles. The van der Waals surface area contributed by atoms with E-state index in [9.17, 15) is 0 Å². The average Bonchev–Trinajstić information content (AvgIpc) is 2.85. The molecule has 0 aliphatic carbocycles. The smallest absolute Gasteiger partial charge is 0.159 e. The van der Waals surface area contributed by atoms with Crippen molar-refractivity contribution in [3.63, 3.8) is 0 Å². The number of likely N-dealkylation sites (tertiary alicyclic amines) is 1. The van der Waals surface area contributed by atoms with Crippen LogP contribution in [0.15, 0.2) is 18.3 Å². The highest BCUT2D eigenvalue weighted by molar-refractivity contribution is 5.71. The van der Waals surface area contributed by atoms with Gasteiger partial charge in [-0.3, -0.25) is 0 Å². The van der Waals surface area contributed by atoms with Crippen molar-refractivity contribution >= 4 is 11.2 Å². The molecule has 0 amide bonds. The van der Waals surface area contributed by atoms with Crippen LogP contribution < -0.4 is 0 Å². The molecule has 4 nitrogen and oxygen atoms in total. The van der Waals surface area contributed by atoms with Crippen LogP contribution in [0.3, 0.4) is 0 Å². The molecule has 0 bridgehead atoms. The van der Waals surface area contributed by atoms with E-state index in [4.69, 9.17) is 4.98 Å². The van der Waals surface area contributed by atoms with Gasteiger partial charge in [0.2, 0.25) is 0 Å². The lowest BCUT2D eigenvalue weighted by Crippen LogP contribution is -2.41. The Bertz CT molecular complexity index is 617. The maximum absolute atomic E-state index is 4.90. The van der Waals surface area contributed by atoms with E-state index in [2.05, 4.69) is 41.3 Å². The molecule has 2 aromatic heterocycles. The van der Waals surface area contributed by atoms with Gasteiger partial charge in [0, 0.05) is 25.2 Å². The van der Waals surface area contributed by atoms with Crippen LogP contribution in [-0.4, -0.2) is 38.6 Å². The molecule has 0 aromatic carbocycles. The third kappa shape index (κ3) is 3.17. The first-order valence-electron chi connectivity index (χ1n) is 8.73. The van der Waals surface area contributed by atoms with Crippen molar-refractivity contribution in [2.45, 2.75) is 59.0 Å². The van der Waals surface area contributed by atoms with Gasteiger partial charge in [-0.25, -0.2) is 9.97 Å². The maximum atomic E-state index is 4.90. The topological polar surface area (TPSA) is 34.0 Å². The fraction of sp³-hybridized carbons (Fsp3) is 0.667. The van der Waals surface area contributed by atoms with Crippen molar-refractivity contribution < 1.29 is 0 Å². The van der Waals surface area contributed by atoms with Crippen LogP contribution in [0.25, 0.3) is 11.2 Å². The van der Waals surface area contributed by atoms with Gasteiger partial charge >= 0.3 is 0 Å². The molecular formula is C18H28N4. The molecule has 0 spiro atoms. The Morgan fingerprint density at radius 3 is 2.95 bits per heavy atom.